The van der Waals surface area contributed by atoms with Crippen LogP contribution in [0.5, 0.6) is 5.75 Å². The molecule has 3 aromatic rings. The van der Waals surface area contributed by atoms with Gasteiger partial charge in [0.05, 0.1) is 24.4 Å². The van der Waals surface area contributed by atoms with Crippen molar-refractivity contribution in [3.05, 3.63) is 83.9 Å². The van der Waals surface area contributed by atoms with Crippen LogP contribution in [0.4, 0.5) is 21.9 Å². The number of para-hydroxylation sites is 2. The third-order valence-corrected chi connectivity index (χ3v) is 6.20. The number of rotatable bonds is 7. The normalized spacial score (nSPS) is 14.1. The number of piperidine rings is 1. The molecular weight excluding hydrogens is 440 g/mol. The van der Waals surface area contributed by atoms with Crippen molar-refractivity contribution in [2.45, 2.75) is 32.2 Å². The molecule has 7 heteroatoms. The highest BCUT2D eigenvalue weighted by molar-refractivity contribution is 6.04. The van der Waals surface area contributed by atoms with Crippen LogP contribution in [-0.2, 0) is 0 Å². The molecule has 1 aliphatic heterocycles. The predicted octanol–water partition coefficient (Wildman–Crippen LogP) is 5.82. The lowest BCUT2D eigenvalue weighted by Gasteiger charge is -2.31. The van der Waals surface area contributed by atoms with E-state index in [0.717, 1.165) is 37.2 Å². The second-order valence-corrected chi connectivity index (χ2v) is 8.66. The number of hydrogen-bond donors (Lipinski definition) is 3. The van der Waals surface area contributed by atoms with E-state index in [4.69, 9.17) is 4.74 Å². The Kier molecular flexibility index (Phi) is 7.88. The van der Waals surface area contributed by atoms with Crippen molar-refractivity contribution in [1.29, 1.82) is 0 Å². The molecule has 0 radical (unpaired) electrons. The number of nitrogens with one attached hydrogen (secondary N) is 3. The Balaban J connectivity index is 1.55. The number of anilines is 3. The van der Waals surface area contributed by atoms with Gasteiger partial charge in [0.1, 0.15) is 5.75 Å². The van der Waals surface area contributed by atoms with Crippen LogP contribution >= 0.6 is 0 Å². The molecule has 0 aromatic heterocycles. The highest BCUT2D eigenvalue weighted by Gasteiger charge is 2.21. The minimum Gasteiger partial charge on any atom is -0.495 e. The number of amides is 3. The molecule has 1 unspecified atom stereocenters. The van der Waals surface area contributed by atoms with Gasteiger partial charge in [-0.05, 0) is 62.1 Å². The van der Waals surface area contributed by atoms with E-state index in [2.05, 4.69) is 20.9 Å². The summed E-state index contributed by atoms with van der Waals surface area (Å²) in [5.41, 5.74) is 3.57. The molecule has 4 rings (SSSR count). The molecule has 0 aliphatic carbocycles. The summed E-state index contributed by atoms with van der Waals surface area (Å²) in [5.74, 6) is 0.397. The van der Waals surface area contributed by atoms with Crippen LogP contribution in [0.2, 0.25) is 0 Å². The summed E-state index contributed by atoms with van der Waals surface area (Å²) in [6.45, 7) is 3.79. The van der Waals surface area contributed by atoms with Gasteiger partial charge in [-0.15, -0.1) is 0 Å². The van der Waals surface area contributed by atoms with Crippen molar-refractivity contribution in [3.63, 3.8) is 0 Å². The summed E-state index contributed by atoms with van der Waals surface area (Å²) in [7, 11) is 1.55. The Morgan fingerprint density at radius 1 is 0.886 bits per heavy atom. The Labute approximate surface area is 206 Å². The first-order valence-electron chi connectivity index (χ1n) is 12.0. The molecule has 3 N–H and O–H groups in total. The van der Waals surface area contributed by atoms with E-state index in [0.29, 0.717) is 22.7 Å². The van der Waals surface area contributed by atoms with Gasteiger partial charge in [-0.1, -0.05) is 42.5 Å². The van der Waals surface area contributed by atoms with Crippen LogP contribution in [-0.4, -0.2) is 32.1 Å². The quantitative estimate of drug-likeness (QED) is 0.405. The van der Waals surface area contributed by atoms with Crippen LogP contribution in [0.3, 0.4) is 0 Å². The predicted molar refractivity (Wildman–Crippen MR) is 140 cm³/mol. The summed E-state index contributed by atoms with van der Waals surface area (Å²) < 4.78 is 5.30. The monoisotopic (exact) mass is 472 g/mol. The van der Waals surface area contributed by atoms with Crippen molar-refractivity contribution in [1.82, 2.24) is 5.32 Å². The molecule has 1 heterocycles. The van der Waals surface area contributed by atoms with Gasteiger partial charge < -0.3 is 25.6 Å². The van der Waals surface area contributed by atoms with Gasteiger partial charge in [0.2, 0.25) is 0 Å². The lowest BCUT2D eigenvalue weighted by atomic mass is 10.0. The fourth-order valence-corrected chi connectivity index (χ4v) is 4.34. The second kappa shape index (κ2) is 11.4. The number of benzene rings is 3. The maximum Gasteiger partial charge on any atom is 0.323 e. The van der Waals surface area contributed by atoms with E-state index in [1.165, 1.54) is 6.42 Å². The number of hydrogen-bond acceptors (Lipinski definition) is 4. The number of nitrogens with zero attached hydrogens (tertiary/aromatic N) is 1. The Morgan fingerprint density at radius 2 is 1.60 bits per heavy atom. The third-order valence-electron chi connectivity index (χ3n) is 6.20. The van der Waals surface area contributed by atoms with E-state index in [1.807, 2.05) is 61.5 Å². The average molecular weight is 473 g/mol. The molecule has 0 spiro atoms. The summed E-state index contributed by atoms with van der Waals surface area (Å²) in [5, 5.41) is 8.77. The topological polar surface area (TPSA) is 82.7 Å². The summed E-state index contributed by atoms with van der Waals surface area (Å²) >= 11 is 0. The van der Waals surface area contributed by atoms with E-state index < -0.39 is 6.03 Å². The molecule has 182 valence electrons. The van der Waals surface area contributed by atoms with E-state index >= 15 is 0 Å². The molecule has 35 heavy (non-hydrogen) atoms. The zero-order valence-corrected chi connectivity index (χ0v) is 20.2. The summed E-state index contributed by atoms with van der Waals surface area (Å²) in [6.07, 6.45) is 3.40. The van der Waals surface area contributed by atoms with Gasteiger partial charge in [0, 0.05) is 24.5 Å². The molecule has 7 nitrogen and oxygen atoms in total. The van der Waals surface area contributed by atoms with Gasteiger partial charge in [0.15, 0.2) is 0 Å². The second-order valence-electron chi connectivity index (χ2n) is 8.66. The minimum atomic E-state index is -0.413. The van der Waals surface area contributed by atoms with Gasteiger partial charge in [-0.2, -0.15) is 0 Å². The van der Waals surface area contributed by atoms with E-state index in [-0.39, 0.29) is 11.9 Å². The van der Waals surface area contributed by atoms with Crippen molar-refractivity contribution in [3.8, 4) is 5.75 Å². The molecule has 3 aromatic carbocycles. The maximum atomic E-state index is 13.4. The number of urea groups is 1. The van der Waals surface area contributed by atoms with E-state index in [1.54, 1.807) is 25.3 Å². The van der Waals surface area contributed by atoms with Crippen LogP contribution < -0.4 is 25.6 Å². The van der Waals surface area contributed by atoms with E-state index in [9.17, 15) is 9.59 Å². The van der Waals surface area contributed by atoms with Gasteiger partial charge in [-0.3, -0.25) is 4.79 Å². The van der Waals surface area contributed by atoms with Crippen LogP contribution in [0, 0.1) is 0 Å². The fraction of sp³-hybridized carbons (Fsp3) is 0.286. The first kappa shape index (κ1) is 24.1. The average Bonchev–Trinajstić information content (AvgIpc) is 2.90. The molecule has 3 amide bonds. The molecule has 1 atom stereocenters. The Hall–Kier alpha value is -4.00. The Bertz CT molecular complexity index is 1160. The first-order valence-corrected chi connectivity index (χ1v) is 12.0. The molecule has 1 saturated heterocycles. The number of methoxy groups -OCH3 is 1. The Morgan fingerprint density at radius 3 is 2.34 bits per heavy atom. The first-order chi connectivity index (χ1) is 17.0. The zero-order valence-electron chi connectivity index (χ0n) is 20.2. The lowest BCUT2D eigenvalue weighted by Crippen LogP contribution is -2.33. The van der Waals surface area contributed by atoms with Gasteiger partial charge in [0.25, 0.3) is 5.91 Å². The van der Waals surface area contributed by atoms with Crippen molar-refractivity contribution in [2.75, 3.05) is 35.7 Å². The third kappa shape index (κ3) is 6.12. The van der Waals surface area contributed by atoms with Crippen molar-refractivity contribution >= 4 is 29.0 Å². The van der Waals surface area contributed by atoms with Gasteiger partial charge >= 0.3 is 6.03 Å². The smallest absolute Gasteiger partial charge is 0.323 e. The van der Waals surface area contributed by atoms with Gasteiger partial charge in [-0.25, -0.2) is 4.79 Å². The largest absolute Gasteiger partial charge is 0.495 e. The van der Waals surface area contributed by atoms with Crippen LogP contribution in [0.25, 0.3) is 0 Å². The van der Waals surface area contributed by atoms with Crippen molar-refractivity contribution < 1.29 is 14.3 Å². The number of ether oxygens (including phenoxy) is 1. The van der Waals surface area contributed by atoms with Crippen molar-refractivity contribution in [2.24, 2.45) is 0 Å². The lowest BCUT2D eigenvalue weighted by molar-refractivity contribution is 0.0940. The zero-order chi connectivity index (χ0) is 24.6. The highest BCUT2D eigenvalue weighted by Crippen LogP contribution is 2.29. The summed E-state index contributed by atoms with van der Waals surface area (Å²) in [4.78, 5) is 28.4. The number of carbonyl (C=O) groups excluding carboxylic acids is 2. The number of carbonyl (C=O) groups is 2. The maximum absolute atomic E-state index is 13.4. The standard InChI is InChI=1S/C28H32N4O3/c1-20(21-11-5-3-6-12-21)29-27(33)23-19-22(15-16-25(23)32-17-9-4-10-18-32)30-28(34)31-24-13-7-8-14-26(24)35-2/h3,5-8,11-16,19-20H,4,9-10,17-18H2,1-2H3,(H,29,33)(H2,30,31,34). The van der Waals surface area contributed by atoms with Crippen LogP contribution in [0.1, 0.15) is 48.1 Å². The highest BCUT2D eigenvalue weighted by atomic mass is 16.5. The molecule has 1 aliphatic rings. The molecule has 0 saturated carbocycles. The van der Waals surface area contributed by atoms with Crippen LogP contribution in [0.15, 0.2) is 72.8 Å². The minimum absolute atomic E-state index is 0.150. The molecule has 0 bridgehead atoms. The summed E-state index contributed by atoms with van der Waals surface area (Å²) in [6, 6.07) is 22.0. The fourth-order valence-electron chi connectivity index (χ4n) is 4.34. The SMILES string of the molecule is COc1ccccc1NC(=O)Nc1ccc(N2CCCCC2)c(C(=O)NC(C)c2ccccc2)c1. The molecular formula is C28H32N4O3. The molecule has 1 fully saturated rings.